The Bertz CT molecular complexity index is 508. The normalized spacial score (nSPS) is 35.1. The number of rotatable bonds is 12. The van der Waals surface area contributed by atoms with Crippen molar-refractivity contribution in [2.45, 2.75) is 136 Å². The van der Waals surface area contributed by atoms with Gasteiger partial charge in [-0.3, -0.25) is 0 Å². The third kappa shape index (κ3) is 6.16. The Morgan fingerprint density at radius 2 is 1.74 bits per heavy atom. The average Bonchev–Trinajstić information content (AvgIpc) is 3.16. The molecule has 0 N–H and O–H groups in total. The van der Waals surface area contributed by atoms with E-state index in [0.717, 1.165) is 37.4 Å². The number of hydrogen-bond acceptors (Lipinski definition) is 3. The summed E-state index contributed by atoms with van der Waals surface area (Å²) in [6.45, 7) is 14.1. The van der Waals surface area contributed by atoms with Crippen molar-refractivity contribution < 1.29 is 13.9 Å². The van der Waals surface area contributed by atoms with Gasteiger partial charge in [0.15, 0.2) is 14.6 Å². The van der Waals surface area contributed by atoms with Crippen molar-refractivity contribution in [3.63, 3.8) is 0 Å². The highest BCUT2D eigenvalue weighted by molar-refractivity contribution is 6.73. The first-order valence-electron chi connectivity index (χ1n) is 13.9. The zero-order valence-electron chi connectivity index (χ0n) is 21.4. The van der Waals surface area contributed by atoms with E-state index in [1.54, 1.807) is 0 Å². The molecular weight excluding hydrogens is 400 g/mol. The van der Waals surface area contributed by atoms with Crippen molar-refractivity contribution in [3.8, 4) is 0 Å². The maximum absolute atomic E-state index is 7.11. The van der Waals surface area contributed by atoms with Gasteiger partial charge in [0.05, 0.1) is 0 Å². The molecule has 2 aliphatic carbocycles. The van der Waals surface area contributed by atoms with E-state index in [-0.39, 0.29) is 6.29 Å². The molecule has 0 amide bonds. The van der Waals surface area contributed by atoms with Gasteiger partial charge in [0.1, 0.15) is 0 Å². The molecule has 0 bridgehead atoms. The van der Waals surface area contributed by atoms with Crippen LogP contribution in [0.3, 0.4) is 0 Å². The van der Waals surface area contributed by atoms with Crippen LogP contribution in [0.2, 0.25) is 18.1 Å². The maximum atomic E-state index is 7.11. The number of unbranched alkanes of at least 4 members (excludes halogenated alkanes) is 1. The van der Waals surface area contributed by atoms with Crippen molar-refractivity contribution in [2.24, 2.45) is 23.2 Å². The molecule has 0 aromatic carbocycles. The molecule has 3 aliphatic rings. The van der Waals surface area contributed by atoms with E-state index < -0.39 is 8.32 Å². The lowest BCUT2D eigenvalue weighted by atomic mass is 9.61. The standard InChI is InChI=1S/C27H52O3Si/c1-6-31(7-2,8-3)30-25-15-13-19-27(5)23(17-18-24(25)27)22(4)14-9-11-20-28-26-16-10-12-21-29-26/h22-26H,6-21H2,1-5H3/t22?,23-,24-,25-,26+,27+/m1/s1. The lowest BCUT2D eigenvalue weighted by Gasteiger charge is -2.49. The van der Waals surface area contributed by atoms with Crippen molar-refractivity contribution in [1.82, 2.24) is 0 Å². The van der Waals surface area contributed by atoms with E-state index in [9.17, 15) is 0 Å². The van der Waals surface area contributed by atoms with Gasteiger partial charge in [0.2, 0.25) is 0 Å². The largest absolute Gasteiger partial charge is 0.414 e. The van der Waals surface area contributed by atoms with E-state index in [1.165, 1.54) is 82.3 Å². The summed E-state index contributed by atoms with van der Waals surface area (Å²) in [7, 11) is -1.52. The summed E-state index contributed by atoms with van der Waals surface area (Å²) in [4.78, 5) is 0. The van der Waals surface area contributed by atoms with Crippen LogP contribution >= 0.6 is 0 Å². The quantitative estimate of drug-likeness (QED) is 0.222. The van der Waals surface area contributed by atoms with Gasteiger partial charge in [0, 0.05) is 19.3 Å². The van der Waals surface area contributed by atoms with Gasteiger partial charge in [-0.2, -0.15) is 0 Å². The summed E-state index contributed by atoms with van der Waals surface area (Å²) >= 11 is 0. The Morgan fingerprint density at radius 3 is 2.42 bits per heavy atom. The molecule has 1 heterocycles. The topological polar surface area (TPSA) is 27.7 Å². The van der Waals surface area contributed by atoms with Gasteiger partial charge in [-0.25, -0.2) is 0 Å². The summed E-state index contributed by atoms with van der Waals surface area (Å²) < 4.78 is 18.8. The van der Waals surface area contributed by atoms with Crippen molar-refractivity contribution in [1.29, 1.82) is 0 Å². The van der Waals surface area contributed by atoms with Crippen molar-refractivity contribution >= 4 is 8.32 Å². The molecular formula is C27H52O3Si. The third-order valence-corrected chi connectivity index (χ3v) is 14.3. The van der Waals surface area contributed by atoms with Gasteiger partial charge in [-0.1, -0.05) is 53.9 Å². The lowest BCUT2D eigenvalue weighted by Crippen LogP contribution is -2.48. The Balaban J connectivity index is 1.47. The Kier molecular flexibility index (Phi) is 9.95. The summed E-state index contributed by atoms with van der Waals surface area (Å²) in [6.07, 6.45) is 14.9. The molecule has 0 spiro atoms. The summed E-state index contributed by atoms with van der Waals surface area (Å²) in [5.41, 5.74) is 0.504. The van der Waals surface area contributed by atoms with Gasteiger partial charge < -0.3 is 13.9 Å². The monoisotopic (exact) mass is 452 g/mol. The third-order valence-electron chi connectivity index (χ3n) is 9.65. The predicted molar refractivity (Wildman–Crippen MR) is 133 cm³/mol. The minimum Gasteiger partial charge on any atom is -0.414 e. The average molecular weight is 453 g/mol. The predicted octanol–water partition coefficient (Wildman–Crippen LogP) is 7.94. The second-order valence-electron chi connectivity index (χ2n) is 11.2. The molecule has 2 saturated carbocycles. The Morgan fingerprint density at radius 1 is 0.968 bits per heavy atom. The molecule has 0 radical (unpaired) electrons. The molecule has 6 atom stereocenters. The summed E-state index contributed by atoms with van der Waals surface area (Å²) in [6, 6.07) is 3.86. The molecule has 182 valence electrons. The minimum atomic E-state index is -1.52. The fraction of sp³-hybridized carbons (Fsp3) is 1.00. The Hall–Kier alpha value is 0.0969. The van der Waals surface area contributed by atoms with Crippen molar-refractivity contribution in [2.75, 3.05) is 13.2 Å². The van der Waals surface area contributed by atoms with Crippen LogP contribution in [0.1, 0.15) is 105 Å². The van der Waals surface area contributed by atoms with Crippen LogP contribution in [0.5, 0.6) is 0 Å². The first-order chi connectivity index (χ1) is 15.0. The fourth-order valence-electron chi connectivity index (χ4n) is 7.38. The van der Waals surface area contributed by atoms with Crippen LogP contribution in [-0.2, 0) is 13.9 Å². The van der Waals surface area contributed by atoms with E-state index in [0.29, 0.717) is 11.5 Å². The minimum absolute atomic E-state index is 0.0740. The molecule has 3 fully saturated rings. The highest BCUT2D eigenvalue weighted by Gasteiger charge is 2.53. The van der Waals surface area contributed by atoms with Gasteiger partial charge in [-0.15, -0.1) is 0 Å². The molecule has 0 aromatic rings. The maximum Gasteiger partial charge on any atom is 0.192 e. The van der Waals surface area contributed by atoms with Crippen LogP contribution in [0.15, 0.2) is 0 Å². The molecule has 4 heteroatoms. The first-order valence-corrected chi connectivity index (χ1v) is 16.4. The highest BCUT2D eigenvalue weighted by atomic mass is 28.4. The van der Waals surface area contributed by atoms with E-state index in [1.807, 2.05) is 0 Å². The number of fused-ring (bicyclic) bond motifs is 1. The number of ether oxygens (including phenoxy) is 2. The van der Waals surface area contributed by atoms with Gasteiger partial charge in [-0.05, 0) is 92.7 Å². The SMILES string of the molecule is CC[Si](CC)(CC)O[C@@H]1CCC[C@@]2(C)[C@@H](C(C)CCCCO[C@@H]3CCCCO3)CC[C@H]12. The molecule has 1 unspecified atom stereocenters. The lowest BCUT2D eigenvalue weighted by molar-refractivity contribution is -0.162. The molecule has 1 aliphatic heterocycles. The van der Waals surface area contributed by atoms with Crippen LogP contribution < -0.4 is 0 Å². The van der Waals surface area contributed by atoms with E-state index >= 15 is 0 Å². The number of hydrogen-bond donors (Lipinski definition) is 0. The van der Waals surface area contributed by atoms with Crippen LogP contribution in [-0.4, -0.2) is 33.9 Å². The molecule has 1 saturated heterocycles. The molecule has 0 aromatic heterocycles. The van der Waals surface area contributed by atoms with Crippen LogP contribution in [0, 0.1) is 23.2 Å². The molecule has 31 heavy (non-hydrogen) atoms. The van der Waals surface area contributed by atoms with Crippen LogP contribution in [0.25, 0.3) is 0 Å². The van der Waals surface area contributed by atoms with Gasteiger partial charge >= 0.3 is 0 Å². The van der Waals surface area contributed by atoms with Crippen LogP contribution in [0.4, 0.5) is 0 Å². The smallest absolute Gasteiger partial charge is 0.192 e. The zero-order valence-corrected chi connectivity index (χ0v) is 22.4. The second kappa shape index (κ2) is 12.0. The second-order valence-corrected chi connectivity index (χ2v) is 16.0. The summed E-state index contributed by atoms with van der Waals surface area (Å²) in [5.74, 6) is 2.51. The zero-order chi connectivity index (χ0) is 22.3. The van der Waals surface area contributed by atoms with E-state index in [4.69, 9.17) is 13.9 Å². The fourth-order valence-corrected chi connectivity index (χ4v) is 10.3. The van der Waals surface area contributed by atoms with E-state index in [2.05, 4.69) is 34.6 Å². The first kappa shape index (κ1) is 25.7. The molecule has 3 nitrogen and oxygen atoms in total. The molecule has 3 rings (SSSR count). The highest BCUT2D eigenvalue weighted by Crippen LogP contribution is 2.59. The van der Waals surface area contributed by atoms with Gasteiger partial charge in [0.25, 0.3) is 0 Å². The summed E-state index contributed by atoms with van der Waals surface area (Å²) in [5, 5.41) is 0. The Labute approximate surface area is 194 Å². The van der Waals surface area contributed by atoms with Crippen molar-refractivity contribution in [3.05, 3.63) is 0 Å².